The number of aromatic nitrogens is 3. The fourth-order valence-corrected chi connectivity index (χ4v) is 4.95. The van der Waals surface area contributed by atoms with Crippen LogP contribution in [0.15, 0.2) is 48.0 Å². The van der Waals surface area contributed by atoms with E-state index in [2.05, 4.69) is 20.2 Å². The summed E-state index contributed by atoms with van der Waals surface area (Å²) in [5.74, 6) is 1.07. The molecule has 2 fully saturated rings. The van der Waals surface area contributed by atoms with Gasteiger partial charge in [-0.2, -0.15) is 0 Å². The first-order valence-electron chi connectivity index (χ1n) is 10.7. The van der Waals surface area contributed by atoms with E-state index in [0.29, 0.717) is 18.2 Å². The number of nitrogens with zero attached hydrogens (tertiary/aromatic N) is 4. The molecule has 0 spiro atoms. The summed E-state index contributed by atoms with van der Waals surface area (Å²) in [4.78, 5) is 28.7. The molecule has 160 valence electrons. The van der Waals surface area contributed by atoms with Crippen molar-refractivity contribution in [1.82, 2.24) is 20.3 Å². The van der Waals surface area contributed by atoms with E-state index in [1.54, 1.807) is 0 Å². The zero-order valence-corrected chi connectivity index (χ0v) is 18.1. The highest BCUT2D eigenvalue weighted by atomic mass is 32.1. The van der Waals surface area contributed by atoms with Crippen molar-refractivity contribution >= 4 is 23.2 Å². The summed E-state index contributed by atoms with van der Waals surface area (Å²) in [7, 11) is 0. The number of carbonyl (C=O) groups excluding carboxylic acids is 1. The van der Waals surface area contributed by atoms with Crippen LogP contribution in [-0.4, -0.2) is 53.2 Å². The van der Waals surface area contributed by atoms with Crippen LogP contribution in [0.5, 0.6) is 0 Å². The Bertz CT molecular complexity index is 1040. The molecule has 8 heteroatoms. The summed E-state index contributed by atoms with van der Waals surface area (Å²) in [6.07, 6.45) is 4.73. The molecule has 2 aliphatic heterocycles. The number of hydrogen-bond donors (Lipinski definition) is 1. The number of benzene rings is 1. The zero-order valence-electron chi connectivity index (χ0n) is 17.2. The van der Waals surface area contributed by atoms with Gasteiger partial charge in [0.25, 0.3) is 5.91 Å². The molecule has 31 heavy (non-hydrogen) atoms. The molecule has 1 atom stereocenters. The highest BCUT2D eigenvalue weighted by molar-refractivity contribution is 7.13. The van der Waals surface area contributed by atoms with Gasteiger partial charge in [0.1, 0.15) is 10.7 Å². The molecule has 7 nitrogen and oxygen atoms in total. The summed E-state index contributed by atoms with van der Waals surface area (Å²) in [5.41, 5.74) is 2.59. The summed E-state index contributed by atoms with van der Waals surface area (Å²) < 4.78 is 5.47. The Morgan fingerprint density at radius 3 is 2.77 bits per heavy atom. The zero-order chi connectivity index (χ0) is 21.0. The number of nitrogens with one attached hydrogen (secondary N) is 1. The fraction of sp³-hybridized carbons (Fsp3) is 0.391. The Kier molecular flexibility index (Phi) is 5.90. The number of amides is 1. The monoisotopic (exact) mass is 435 g/mol. The van der Waals surface area contributed by atoms with Gasteiger partial charge < -0.3 is 15.0 Å². The van der Waals surface area contributed by atoms with Crippen LogP contribution in [0, 0.1) is 0 Å². The average Bonchev–Trinajstić information content (AvgIpc) is 3.51. The topological polar surface area (TPSA) is 80.2 Å². The van der Waals surface area contributed by atoms with Crippen LogP contribution in [0.25, 0.3) is 10.6 Å². The van der Waals surface area contributed by atoms with Crippen LogP contribution in [0.1, 0.15) is 41.4 Å². The minimum absolute atomic E-state index is 0.0599. The van der Waals surface area contributed by atoms with Crippen molar-refractivity contribution in [3.8, 4) is 10.6 Å². The van der Waals surface area contributed by atoms with Crippen LogP contribution in [0.4, 0.5) is 5.95 Å². The van der Waals surface area contributed by atoms with Gasteiger partial charge in [0, 0.05) is 61.1 Å². The van der Waals surface area contributed by atoms with E-state index < -0.39 is 0 Å². The average molecular weight is 436 g/mol. The lowest BCUT2D eigenvalue weighted by molar-refractivity contribution is 0.0845. The third kappa shape index (κ3) is 4.60. The van der Waals surface area contributed by atoms with E-state index in [1.807, 2.05) is 48.0 Å². The van der Waals surface area contributed by atoms with Gasteiger partial charge in [0.05, 0.1) is 0 Å². The van der Waals surface area contributed by atoms with Gasteiger partial charge in [0.15, 0.2) is 0 Å². The number of carbonyl (C=O) groups is 1. The smallest absolute Gasteiger partial charge is 0.271 e. The molecule has 0 aliphatic carbocycles. The van der Waals surface area contributed by atoms with Crippen LogP contribution in [-0.2, 0) is 4.74 Å². The van der Waals surface area contributed by atoms with E-state index in [-0.39, 0.29) is 11.9 Å². The lowest BCUT2D eigenvalue weighted by Gasteiger charge is -2.23. The van der Waals surface area contributed by atoms with E-state index in [0.717, 1.165) is 61.2 Å². The third-order valence-corrected chi connectivity index (χ3v) is 6.76. The predicted molar refractivity (Wildman–Crippen MR) is 120 cm³/mol. The first kappa shape index (κ1) is 20.1. The maximum atomic E-state index is 12.7. The van der Waals surface area contributed by atoms with Crippen molar-refractivity contribution in [1.29, 1.82) is 0 Å². The Labute approximate surface area is 185 Å². The minimum atomic E-state index is -0.123. The highest BCUT2D eigenvalue weighted by Gasteiger charge is 2.27. The van der Waals surface area contributed by atoms with Crippen molar-refractivity contribution in [2.45, 2.75) is 31.2 Å². The van der Waals surface area contributed by atoms with Crippen molar-refractivity contribution in [3.63, 3.8) is 0 Å². The van der Waals surface area contributed by atoms with Gasteiger partial charge in [0.2, 0.25) is 5.95 Å². The lowest BCUT2D eigenvalue weighted by Crippen LogP contribution is -2.37. The van der Waals surface area contributed by atoms with Gasteiger partial charge in [-0.1, -0.05) is 30.3 Å². The van der Waals surface area contributed by atoms with Crippen LogP contribution in [0.2, 0.25) is 0 Å². The Balaban J connectivity index is 1.20. The van der Waals surface area contributed by atoms with Crippen LogP contribution in [0.3, 0.4) is 0 Å². The quantitative estimate of drug-likeness (QED) is 0.661. The summed E-state index contributed by atoms with van der Waals surface area (Å²) in [6, 6.07) is 12.0. The van der Waals surface area contributed by atoms with Crippen molar-refractivity contribution in [3.05, 3.63) is 59.4 Å². The second-order valence-corrected chi connectivity index (χ2v) is 8.84. The molecule has 2 aromatic heterocycles. The van der Waals surface area contributed by atoms with Crippen molar-refractivity contribution in [2.24, 2.45) is 0 Å². The normalized spacial score (nSPS) is 19.5. The molecule has 4 heterocycles. The molecule has 1 aromatic carbocycles. The minimum Gasteiger partial charge on any atom is -0.381 e. The van der Waals surface area contributed by atoms with Crippen molar-refractivity contribution in [2.75, 3.05) is 31.2 Å². The highest BCUT2D eigenvalue weighted by Crippen LogP contribution is 2.27. The summed E-state index contributed by atoms with van der Waals surface area (Å²) in [5, 5.41) is 5.81. The number of ether oxygens (including phenoxy) is 1. The fourth-order valence-electron chi connectivity index (χ4n) is 4.15. The molecule has 1 amide bonds. The van der Waals surface area contributed by atoms with Crippen LogP contribution >= 0.6 is 11.3 Å². The molecular weight excluding hydrogens is 410 g/mol. The van der Waals surface area contributed by atoms with Gasteiger partial charge in [-0.15, -0.1) is 11.3 Å². The first-order chi connectivity index (χ1) is 15.3. The maximum absolute atomic E-state index is 12.7. The third-order valence-electron chi connectivity index (χ3n) is 5.87. The molecule has 5 rings (SSSR count). The van der Waals surface area contributed by atoms with Crippen molar-refractivity contribution < 1.29 is 9.53 Å². The second kappa shape index (κ2) is 9.11. The molecular formula is C23H25N5O2S. The van der Waals surface area contributed by atoms with E-state index in [1.165, 1.54) is 11.3 Å². The SMILES string of the molecule is O=C(NC1CCN(c2nccc(C3CCOCC3)n2)C1)c1csc(-c2ccccc2)n1. The number of hydrogen-bond acceptors (Lipinski definition) is 7. The first-order valence-corrected chi connectivity index (χ1v) is 11.6. The molecule has 0 radical (unpaired) electrons. The molecule has 3 aromatic rings. The lowest BCUT2D eigenvalue weighted by atomic mass is 9.96. The Hall–Kier alpha value is -2.84. The van der Waals surface area contributed by atoms with Gasteiger partial charge in [-0.3, -0.25) is 4.79 Å². The molecule has 2 aliphatic rings. The van der Waals surface area contributed by atoms with E-state index in [9.17, 15) is 4.79 Å². The number of thiazole rings is 1. The molecule has 1 N–H and O–H groups in total. The summed E-state index contributed by atoms with van der Waals surface area (Å²) >= 11 is 1.49. The Morgan fingerprint density at radius 1 is 1.10 bits per heavy atom. The number of anilines is 1. The van der Waals surface area contributed by atoms with Gasteiger partial charge in [-0.05, 0) is 25.3 Å². The standard InChI is InChI=1S/C23H25N5O2S/c29-21(20-15-31-22(26-20)17-4-2-1-3-5-17)25-18-7-11-28(14-18)23-24-10-6-19(27-23)16-8-12-30-13-9-16/h1-6,10,15-16,18H,7-9,11-14H2,(H,25,29). The van der Waals surface area contributed by atoms with Gasteiger partial charge >= 0.3 is 0 Å². The molecule has 2 saturated heterocycles. The molecule has 1 unspecified atom stereocenters. The largest absolute Gasteiger partial charge is 0.381 e. The van der Waals surface area contributed by atoms with Gasteiger partial charge in [-0.25, -0.2) is 15.0 Å². The van der Waals surface area contributed by atoms with Crippen LogP contribution < -0.4 is 10.2 Å². The molecule has 0 saturated carbocycles. The maximum Gasteiger partial charge on any atom is 0.271 e. The van der Waals surface area contributed by atoms with E-state index in [4.69, 9.17) is 9.72 Å². The Morgan fingerprint density at radius 2 is 1.94 bits per heavy atom. The molecule has 0 bridgehead atoms. The summed E-state index contributed by atoms with van der Waals surface area (Å²) in [6.45, 7) is 3.13. The predicted octanol–water partition coefficient (Wildman–Crippen LogP) is 3.50. The number of rotatable bonds is 5. The van der Waals surface area contributed by atoms with E-state index >= 15 is 0 Å². The second-order valence-electron chi connectivity index (χ2n) is 7.98.